The molecule has 4 nitrogen and oxygen atoms in total. The van der Waals surface area contributed by atoms with Gasteiger partial charge in [0.2, 0.25) is 0 Å². The standard InChI is InChI=1S/C15H23N3OS/c1-4-11-7-10(8-14(16-2)17-11)15(19)18-12-5-6-13(9-12)20-3/h7-8,12-13H,4-6,9H2,1-3H3,(H,16,17)(H,18,19). The molecule has 1 heterocycles. The van der Waals surface area contributed by atoms with E-state index >= 15 is 0 Å². The van der Waals surface area contributed by atoms with Gasteiger partial charge < -0.3 is 10.6 Å². The topological polar surface area (TPSA) is 54.0 Å². The zero-order valence-corrected chi connectivity index (χ0v) is 13.2. The molecule has 0 aliphatic heterocycles. The third kappa shape index (κ3) is 3.66. The van der Waals surface area contributed by atoms with Crippen molar-refractivity contribution >= 4 is 23.5 Å². The van der Waals surface area contributed by atoms with Crippen LogP contribution in [0, 0.1) is 0 Å². The van der Waals surface area contributed by atoms with Crippen molar-refractivity contribution in [2.45, 2.75) is 43.9 Å². The van der Waals surface area contributed by atoms with Gasteiger partial charge in [-0.2, -0.15) is 11.8 Å². The fourth-order valence-corrected chi connectivity index (χ4v) is 3.38. The Balaban J connectivity index is 2.05. The van der Waals surface area contributed by atoms with Gasteiger partial charge in [-0.3, -0.25) is 4.79 Å². The average molecular weight is 293 g/mol. The molecule has 1 aliphatic carbocycles. The van der Waals surface area contributed by atoms with E-state index in [1.807, 2.05) is 37.9 Å². The third-order valence-electron chi connectivity index (χ3n) is 3.81. The first-order valence-corrected chi connectivity index (χ1v) is 8.47. The van der Waals surface area contributed by atoms with Crippen LogP contribution in [-0.2, 0) is 6.42 Å². The van der Waals surface area contributed by atoms with Crippen LogP contribution in [-0.4, -0.2) is 35.5 Å². The summed E-state index contributed by atoms with van der Waals surface area (Å²) in [4.78, 5) is 16.8. The van der Waals surface area contributed by atoms with Crippen molar-refractivity contribution in [1.29, 1.82) is 0 Å². The lowest BCUT2D eigenvalue weighted by Crippen LogP contribution is -2.33. The summed E-state index contributed by atoms with van der Waals surface area (Å²) >= 11 is 1.90. The number of pyridine rings is 1. The van der Waals surface area contributed by atoms with Crippen molar-refractivity contribution in [3.05, 3.63) is 23.4 Å². The largest absolute Gasteiger partial charge is 0.373 e. The number of rotatable bonds is 5. The second-order valence-corrected chi connectivity index (χ2v) is 6.32. The maximum atomic E-state index is 12.4. The molecule has 2 N–H and O–H groups in total. The highest BCUT2D eigenvalue weighted by molar-refractivity contribution is 7.99. The number of anilines is 1. The van der Waals surface area contributed by atoms with E-state index in [0.29, 0.717) is 16.9 Å². The molecule has 1 amide bonds. The number of carbonyl (C=O) groups is 1. The van der Waals surface area contributed by atoms with Crippen molar-refractivity contribution in [2.24, 2.45) is 0 Å². The Morgan fingerprint density at radius 1 is 1.45 bits per heavy atom. The van der Waals surface area contributed by atoms with Crippen LogP contribution in [0.3, 0.4) is 0 Å². The van der Waals surface area contributed by atoms with Gasteiger partial charge in [0.1, 0.15) is 5.82 Å². The molecule has 1 fully saturated rings. The second kappa shape index (κ2) is 6.97. The number of amides is 1. The van der Waals surface area contributed by atoms with Crippen LogP contribution < -0.4 is 10.6 Å². The molecule has 5 heteroatoms. The SMILES string of the molecule is CCc1cc(C(=O)NC2CCC(SC)C2)cc(NC)n1. The summed E-state index contributed by atoms with van der Waals surface area (Å²) in [6.07, 6.45) is 6.34. The van der Waals surface area contributed by atoms with E-state index < -0.39 is 0 Å². The normalized spacial score (nSPS) is 21.8. The van der Waals surface area contributed by atoms with E-state index in [4.69, 9.17) is 0 Å². The van der Waals surface area contributed by atoms with Crippen LogP contribution in [0.1, 0.15) is 42.2 Å². The van der Waals surface area contributed by atoms with Crippen molar-refractivity contribution in [3.8, 4) is 0 Å². The van der Waals surface area contributed by atoms with E-state index in [9.17, 15) is 4.79 Å². The van der Waals surface area contributed by atoms with E-state index in [-0.39, 0.29) is 5.91 Å². The Morgan fingerprint density at radius 3 is 2.85 bits per heavy atom. The molecule has 0 radical (unpaired) electrons. The molecule has 1 aromatic rings. The predicted octanol–water partition coefficient (Wildman–Crippen LogP) is 2.70. The quantitative estimate of drug-likeness (QED) is 0.876. The molecular weight excluding hydrogens is 270 g/mol. The molecule has 1 aromatic heterocycles. The van der Waals surface area contributed by atoms with Crippen molar-refractivity contribution in [2.75, 3.05) is 18.6 Å². The molecule has 2 atom stereocenters. The number of thioether (sulfide) groups is 1. The summed E-state index contributed by atoms with van der Waals surface area (Å²) in [5, 5.41) is 6.86. The predicted molar refractivity (Wildman–Crippen MR) is 85.6 cm³/mol. The van der Waals surface area contributed by atoms with Crippen LogP contribution in [0.4, 0.5) is 5.82 Å². The average Bonchev–Trinajstić information content (AvgIpc) is 2.94. The minimum Gasteiger partial charge on any atom is -0.373 e. The summed E-state index contributed by atoms with van der Waals surface area (Å²) in [7, 11) is 1.82. The summed E-state index contributed by atoms with van der Waals surface area (Å²) < 4.78 is 0. The molecule has 2 unspecified atom stereocenters. The molecule has 110 valence electrons. The number of aryl methyl sites for hydroxylation is 1. The molecule has 0 aromatic carbocycles. The van der Waals surface area contributed by atoms with Gasteiger partial charge in [-0.1, -0.05) is 6.92 Å². The van der Waals surface area contributed by atoms with Gasteiger partial charge in [0.05, 0.1) is 0 Å². The number of hydrogen-bond donors (Lipinski definition) is 2. The van der Waals surface area contributed by atoms with Crippen molar-refractivity contribution in [3.63, 3.8) is 0 Å². The molecule has 1 aliphatic rings. The fourth-order valence-electron chi connectivity index (χ4n) is 2.58. The van der Waals surface area contributed by atoms with Crippen LogP contribution in [0.2, 0.25) is 0 Å². The smallest absolute Gasteiger partial charge is 0.251 e. The van der Waals surface area contributed by atoms with Crippen molar-refractivity contribution < 1.29 is 4.79 Å². The summed E-state index contributed by atoms with van der Waals surface area (Å²) in [6.45, 7) is 2.05. The lowest BCUT2D eigenvalue weighted by atomic mass is 10.1. The van der Waals surface area contributed by atoms with Gasteiger partial charge in [-0.25, -0.2) is 4.98 Å². The Morgan fingerprint density at radius 2 is 2.25 bits per heavy atom. The number of nitrogens with zero attached hydrogens (tertiary/aromatic N) is 1. The molecular formula is C15H23N3OS. The van der Waals surface area contributed by atoms with Crippen LogP contribution in [0.25, 0.3) is 0 Å². The number of aromatic nitrogens is 1. The van der Waals surface area contributed by atoms with Crippen LogP contribution in [0.15, 0.2) is 12.1 Å². The first kappa shape index (κ1) is 15.2. The highest BCUT2D eigenvalue weighted by Crippen LogP contribution is 2.28. The highest BCUT2D eigenvalue weighted by atomic mass is 32.2. The highest BCUT2D eigenvalue weighted by Gasteiger charge is 2.25. The van der Waals surface area contributed by atoms with Gasteiger partial charge in [0.15, 0.2) is 0 Å². The van der Waals surface area contributed by atoms with Gasteiger partial charge in [0.25, 0.3) is 5.91 Å². The Bertz CT molecular complexity index is 456. The molecule has 0 bridgehead atoms. The zero-order chi connectivity index (χ0) is 14.5. The third-order valence-corrected chi connectivity index (χ3v) is 4.91. The van der Waals surface area contributed by atoms with Gasteiger partial charge >= 0.3 is 0 Å². The lowest BCUT2D eigenvalue weighted by Gasteiger charge is -2.14. The number of hydrogen-bond acceptors (Lipinski definition) is 4. The minimum absolute atomic E-state index is 0.0188. The van der Waals surface area contributed by atoms with Crippen molar-refractivity contribution in [1.82, 2.24) is 10.3 Å². The van der Waals surface area contributed by atoms with E-state index in [0.717, 1.165) is 30.8 Å². The van der Waals surface area contributed by atoms with Crippen LogP contribution in [0.5, 0.6) is 0 Å². The van der Waals surface area contributed by atoms with Gasteiger partial charge in [-0.15, -0.1) is 0 Å². The van der Waals surface area contributed by atoms with E-state index in [2.05, 4.69) is 21.9 Å². The maximum absolute atomic E-state index is 12.4. The Labute approximate surface area is 125 Å². The molecule has 2 rings (SSSR count). The fraction of sp³-hybridized carbons (Fsp3) is 0.600. The first-order valence-electron chi connectivity index (χ1n) is 7.18. The summed E-state index contributed by atoms with van der Waals surface area (Å²) in [5.74, 6) is 0.772. The van der Waals surface area contributed by atoms with E-state index in [1.54, 1.807) is 0 Å². The molecule has 0 spiro atoms. The molecule has 20 heavy (non-hydrogen) atoms. The van der Waals surface area contributed by atoms with E-state index in [1.165, 1.54) is 6.42 Å². The number of carbonyl (C=O) groups excluding carboxylic acids is 1. The lowest BCUT2D eigenvalue weighted by molar-refractivity contribution is 0.0938. The molecule has 1 saturated carbocycles. The van der Waals surface area contributed by atoms with Crippen LogP contribution >= 0.6 is 11.8 Å². The zero-order valence-electron chi connectivity index (χ0n) is 12.4. The Kier molecular flexibility index (Phi) is 5.29. The maximum Gasteiger partial charge on any atom is 0.251 e. The van der Waals surface area contributed by atoms with Gasteiger partial charge in [-0.05, 0) is 44.1 Å². The Hall–Kier alpha value is -1.23. The first-order chi connectivity index (χ1) is 9.66. The summed E-state index contributed by atoms with van der Waals surface area (Å²) in [5.41, 5.74) is 1.64. The monoisotopic (exact) mass is 293 g/mol. The second-order valence-electron chi connectivity index (χ2n) is 5.18. The van der Waals surface area contributed by atoms with Gasteiger partial charge in [0, 0.05) is 29.6 Å². The molecule has 0 saturated heterocycles. The minimum atomic E-state index is 0.0188. The summed E-state index contributed by atoms with van der Waals surface area (Å²) in [6, 6.07) is 4.02. The number of nitrogens with one attached hydrogen (secondary N) is 2.